The van der Waals surface area contributed by atoms with Gasteiger partial charge in [0.15, 0.2) is 0 Å². The van der Waals surface area contributed by atoms with Gasteiger partial charge in [-0.3, -0.25) is 4.99 Å². The molecule has 1 aliphatic rings. The molecule has 1 aromatic rings. The molecule has 0 fully saturated rings. The fourth-order valence-electron chi connectivity index (χ4n) is 2.80. The van der Waals surface area contributed by atoms with Gasteiger partial charge in [0.2, 0.25) is 0 Å². The SMILES string of the molecule is C=C1/C=C\C=C/C(C)C(=C)/C=C\N=C(\c2ccc(/C=C\C)c(/C=C\C)c2)C(=C)S1. The van der Waals surface area contributed by atoms with Crippen LogP contribution < -0.4 is 0 Å². The van der Waals surface area contributed by atoms with E-state index in [1.54, 1.807) is 0 Å². The van der Waals surface area contributed by atoms with Crippen LogP contribution in [0.15, 0.2) is 107 Å². The molecule has 29 heavy (non-hydrogen) atoms. The molecule has 2 heteroatoms. The topological polar surface area (TPSA) is 12.4 Å². The number of hydrogen-bond acceptors (Lipinski definition) is 2. The van der Waals surface area contributed by atoms with Crippen molar-refractivity contribution in [1.29, 1.82) is 0 Å². The number of nitrogens with zero attached hydrogens (tertiary/aromatic N) is 1. The van der Waals surface area contributed by atoms with Crippen molar-refractivity contribution in [2.45, 2.75) is 20.8 Å². The maximum absolute atomic E-state index is 4.76. The lowest BCUT2D eigenvalue weighted by atomic mass is 10.00. The van der Waals surface area contributed by atoms with Gasteiger partial charge in [0, 0.05) is 21.6 Å². The van der Waals surface area contributed by atoms with Crippen LogP contribution >= 0.6 is 11.8 Å². The molecule has 148 valence electrons. The Hall–Kier alpha value is -2.84. The van der Waals surface area contributed by atoms with Crippen molar-refractivity contribution in [3.8, 4) is 0 Å². The average molecular weight is 400 g/mol. The molecule has 0 saturated carbocycles. The summed E-state index contributed by atoms with van der Waals surface area (Å²) in [6, 6.07) is 6.37. The van der Waals surface area contributed by atoms with Gasteiger partial charge >= 0.3 is 0 Å². The van der Waals surface area contributed by atoms with Crippen LogP contribution in [0.3, 0.4) is 0 Å². The van der Waals surface area contributed by atoms with Gasteiger partial charge < -0.3 is 0 Å². The van der Waals surface area contributed by atoms with Crippen LogP contribution in [0.4, 0.5) is 0 Å². The van der Waals surface area contributed by atoms with E-state index in [0.29, 0.717) is 0 Å². The molecule has 0 radical (unpaired) electrons. The molecule has 0 spiro atoms. The van der Waals surface area contributed by atoms with Gasteiger partial charge in [-0.25, -0.2) is 0 Å². The van der Waals surface area contributed by atoms with Gasteiger partial charge in [-0.05, 0) is 54.7 Å². The summed E-state index contributed by atoms with van der Waals surface area (Å²) in [5, 5.41) is 0. The van der Waals surface area contributed by atoms with E-state index in [4.69, 9.17) is 4.99 Å². The van der Waals surface area contributed by atoms with Crippen molar-refractivity contribution in [2.24, 2.45) is 10.9 Å². The number of hydrogen-bond donors (Lipinski definition) is 0. The smallest absolute Gasteiger partial charge is 0.0835 e. The molecule has 2 rings (SSSR count). The van der Waals surface area contributed by atoms with Crippen LogP contribution in [0.1, 0.15) is 37.5 Å². The van der Waals surface area contributed by atoms with E-state index in [9.17, 15) is 0 Å². The Balaban J connectivity index is 2.54. The third kappa shape index (κ3) is 6.62. The van der Waals surface area contributed by atoms with Crippen molar-refractivity contribution in [3.05, 3.63) is 119 Å². The van der Waals surface area contributed by atoms with Gasteiger partial charge in [-0.15, -0.1) is 0 Å². The summed E-state index contributed by atoms with van der Waals surface area (Å²) in [4.78, 5) is 6.53. The highest BCUT2D eigenvalue weighted by Crippen LogP contribution is 2.29. The van der Waals surface area contributed by atoms with Gasteiger partial charge in [-0.2, -0.15) is 0 Å². The first-order valence-electron chi connectivity index (χ1n) is 9.70. The molecule has 0 bridgehead atoms. The van der Waals surface area contributed by atoms with E-state index < -0.39 is 0 Å². The second kappa shape index (κ2) is 11.2. The van der Waals surface area contributed by atoms with Crippen LogP contribution in [-0.2, 0) is 0 Å². The molecule has 1 atom stereocenters. The van der Waals surface area contributed by atoms with E-state index in [1.165, 1.54) is 17.3 Å². The minimum absolute atomic E-state index is 0.237. The Morgan fingerprint density at radius 2 is 1.69 bits per heavy atom. The highest BCUT2D eigenvalue weighted by atomic mass is 32.2. The molecule has 0 aliphatic carbocycles. The van der Waals surface area contributed by atoms with Crippen LogP contribution in [0, 0.1) is 5.92 Å². The summed E-state index contributed by atoms with van der Waals surface area (Å²) >= 11 is 1.53. The summed E-state index contributed by atoms with van der Waals surface area (Å²) in [5.41, 5.74) is 5.20. The lowest BCUT2D eigenvalue weighted by molar-refractivity contribution is 0.895. The Bertz CT molecular complexity index is 964. The normalized spacial score (nSPS) is 23.9. The lowest BCUT2D eigenvalue weighted by Crippen LogP contribution is -2.03. The van der Waals surface area contributed by atoms with Crippen molar-refractivity contribution in [3.63, 3.8) is 0 Å². The maximum atomic E-state index is 4.76. The first-order chi connectivity index (χ1) is 14.0. The van der Waals surface area contributed by atoms with Crippen LogP contribution in [0.25, 0.3) is 12.2 Å². The largest absolute Gasteiger partial charge is 0.255 e. The first kappa shape index (κ1) is 22.4. The van der Waals surface area contributed by atoms with Crippen LogP contribution in [0.5, 0.6) is 0 Å². The molecule has 1 aliphatic heterocycles. The number of allylic oxidation sites excluding steroid dienone is 9. The number of thioether (sulfide) groups is 1. The molecular formula is C27H29NS. The monoisotopic (exact) mass is 399 g/mol. The minimum atomic E-state index is 0.237. The predicted octanol–water partition coefficient (Wildman–Crippen LogP) is 8.13. The minimum Gasteiger partial charge on any atom is -0.255 e. The molecule has 0 aromatic heterocycles. The third-order valence-corrected chi connectivity index (χ3v) is 5.28. The molecule has 0 saturated heterocycles. The van der Waals surface area contributed by atoms with Crippen LogP contribution in [-0.4, -0.2) is 5.71 Å². The molecule has 1 nitrogen and oxygen atoms in total. The zero-order valence-electron chi connectivity index (χ0n) is 17.6. The van der Waals surface area contributed by atoms with Crippen molar-refractivity contribution < 1.29 is 0 Å². The zero-order valence-corrected chi connectivity index (χ0v) is 18.4. The summed E-state index contributed by atoms with van der Waals surface area (Å²) in [6.07, 6.45) is 20.2. The summed E-state index contributed by atoms with van der Waals surface area (Å²) in [5.74, 6) is 0.237. The number of rotatable bonds is 3. The van der Waals surface area contributed by atoms with Gasteiger partial charge in [-0.1, -0.05) is 93.1 Å². The first-order valence-corrected chi connectivity index (χ1v) is 10.5. The second-order valence-electron chi connectivity index (χ2n) is 6.74. The van der Waals surface area contributed by atoms with Gasteiger partial charge in [0.1, 0.15) is 0 Å². The van der Waals surface area contributed by atoms with Crippen molar-refractivity contribution >= 4 is 29.6 Å². The maximum Gasteiger partial charge on any atom is 0.0835 e. The fourth-order valence-corrected chi connectivity index (χ4v) is 3.53. The molecule has 1 unspecified atom stereocenters. The third-order valence-electron chi connectivity index (χ3n) is 4.44. The van der Waals surface area contributed by atoms with E-state index in [1.807, 2.05) is 56.5 Å². The van der Waals surface area contributed by atoms with E-state index in [0.717, 1.165) is 32.2 Å². The molecular weight excluding hydrogens is 370 g/mol. The Morgan fingerprint density at radius 1 is 0.966 bits per heavy atom. The predicted molar refractivity (Wildman–Crippen MR) is 134 cm³/mol. The number of aliphatic imine (C=N–C) groups is 1. The van der Waals surface area contributed by atoms with Crippen LogP contribution in [0.2, 0.25) is 0 Å². The number of benzene rings is 1. The van der Waals surface area contributed by atoms with E-state index >= 15 is 0 Å². The van der Waals surface area contributed by atoms with Gasteiger partial charge in [0.25, 0.3) is 0 Å². The molecule has 1 aromatic carbocycles. The van der Waals surface area contributed by atoms with E-state index in [-0.39, 0.29) is 5.92 Å². The molecule has 1 heterocycles. The van der Waals surface area contributed by atoms with E-state index in [2.05, 4.69) is 63.1 Å². The average Bonchev–Trinajstić information content (AvgIpc) is 2.70. The summed E-state index contributed by atoms with van der Waals surface area (Å²) in [7, 11) is 0. The van der Waals surface area contributed by atoms with Crippen molar-refractivity contribution in [1.82, 2.24) is 0 Å². The standard InChI is InChI=1S/C27H29NS/c1-7-11-24-15-16-26(19-25(24)12-8-2)27-23(6)29-22(5)14-10-9-13-20(3)21(4)17-18-28-27/h7-20H,4-6H2,1-3H3/b11-7-,12-8-,13-9-,14-10-,18-17-,28-27+. The lowest BCUT2D eigenvalue weighted by Gasteiger charge is -2.12. The highest BCUT2D eigenvalue weighted by molar-refractivity contribution is 8.07. The molecule has 0 N–H and O–H groups in total. The van der Waals surface area contributed by atoms with Gasteiger partial charge in [0.05, 0.1) is 5.71 Å². The van der Waals surface area contributed by atoms with Crippen molar-refractivity contribution in [2.75, 3.05) is 0 Å². The summed E-state index contributed by atoms with van der Waals surface area (Å²) < 4.78 is 0. The highest BCUT2D eigenvalue weighted by Gasteiger charge is 2.11. The second-order valence-corrected chi connectivity index (χ2v) is 7.96. The Morgan fingerprint density at radius 3 is 2.41 bits per heavy atom. The summed E-state index contributed by atoms with van der Waals surface area (Å²) in [6.45, 7) is 18.7. The Labute approximate surface area is 180 Å². The molecule has 0 amide bonds. The fraction of sp³-hybridized carbons (Fsp3) is 0.148. The zero-order chi connectivity index (χ0) is 21.2. The quantitative estimate of drug-likeness (QED) is 0.499. The Kier molecular flexibility index (Phi) is 8.69.